The monoisotopic (exact) mass is 286 g/mol. The van der Waals surface area contributed by atoms with Gasteiger partial charge in [0.2, 0.25) is 0 Å². The average Bonchev–Trinajstić information content (AvgIpc) is 2.27. The summed E-state index contributed by atoms with van der Waals surface area (Å²) in [7, 11) is 0. The first kappa shape index (κ1) is 16.1. The van der Waals surface area contributed by atoms with Crippen molar-refractivity contribution >= 4 is 0 Å². The Morgan fingerprint density at radius 3 is 1.60 bits per heavy atom. The van der Waals surface area contributed by atoms with Gasteiger partial charge in [0.25, 0.3) is 0 Å². The SMILES string of the molecule is C[C@H]1[CH-][C@@H](C(C)(C)C)O[C@H]1C(C)(C)C.[Y]. The van der Waals surface area contributed by atoms with Crippen molar-refractivity contribution in [3.63, 3.8) is 0 Å². The second kappa shape index (κ2) is 5.15. The fourth-order valence-electron chi connectivity index (χ4n) is 2.19. The van der Waals surface area contributed by atoms with Crippen LogP contribution < -0.4 is 0 Å². The van der Waals surface area contributed by atoms with Gasteiger partial charge in [-0.15, -0.1) is 5.92 Å². The Balaban J connectivity index is 0.00000196. The van der Waals surface area contributed by atoms with Gasteiger partial charge in [0.1, 0.15) is 0 Å². The minimum absolute atomic E-state index is 0. The standard InChI is InChI=1S/C13H25O.Y/c1-9-8-10(12(2,3)4)14-11(9)13(5,6)7;/h8-11H,1-7H3;/q-1;/t9-,10-,11+;/m0./s1. The maximum Gasteiger partial charge on any atom is 0.0348 e. The van der Waals surface area contributed by atoms with E-state index in [0.29, 0.717) is 18.1 Å². The van der Waals surface area contributed by atoms with Gasteiger partial charge in [0, 0.05) is 38.8 Å². The van der Waals surface area contributed by atoms with Crippen LogP contribution in [0.3, 0.4) is 0 Å². The van der Waals surface area contributed by atoms with Gasteiger partial charge in [0.15, 0.2) is 0 Å². The summed E-state index contributed by atoms with van der Waals surface area (Å²) in [5.74, 6) is 0.569. The third kappa shape index (κ3) is 4.09. The van der Waals surface area contributed by atoms with Crippen LogP contribution >= 0.6 is 0 Å². The molecule has 1 rings (SSSR count). The number of rotatable bonds is 0. The summed E-state index contributed by atoms with van der Waals surface area (Å²) in [5, 5.41) is 0. The van der Waals surface area contributed by atoms with Crippen molar-refractivity contribution in [3.8, 4) is 0 Å². The summed E-state index contributed by atoms with van der Waals surface area (Å²) in [6.45, 7) is 15.8. The molecule has 0 aromatic heterocycles. The van der Waals surface area contributed by atoms with Gasteiger partial charge in [-0.3, -0.25) is 6.42 Å². The van der Waals surface area contributed by atoms with Gasteiger partial charge in [-0.1, -0.05) is 54.6 Å². The van der Waals surface area contributed by atoms with Crippen molar-refractivity contribution in [2.45, 2.75) is 60.7 Å². The van der Waals surface area contributed by atoms with Crippen molar-refractivity contribution in [1.29, 1.82) is 0 Å². The minimum atomic E-state index is 0. The zero-order chi connectivity index (χ0) is 11.1. The molecular weight excluding hydrogens is 261 g/mol. The molecule has 87 valence electrons. The molecule has 1 aliphatic heterocycles. The molecule has 1 fully saturated rings. The van der Waals surface area contributed by atoms with E-state index in [1.165, 1.54) is 0 Å². The van der Waals surface area contributed by atoms with Gasteiger partial charge in [-0.25, -0.2) is 0 Å². The molecule has 1 heterocycles. The molecule has 0 saturated carbocycles. The van der Waals surface area contributed by atoms with E-state index in [1.807, 2.05) is 0 Å². The molecule has 2 heteroatoms. The predicted molar refractivity (Wildman–Crippen MR) is 61.0 cm³/mol. The first-order valence-electron chi connectivity index (χ1n) is 5.63. The number of ether oxygens (including phenoxy) is 1. The Labute approximate surface area is 121 Å². The van der Waals surface area contributed by atoms with E-state index in [2.05, 4.69) is 54.9 Å². The molecule has 0 N–H and O–H groups in total. The number of hydrogen-bond acceptors (Lipinski definition) is 1. The molecule has 0 bridgehead atoms. The second-order valence-electron chi connectivity index (χ2n) is 6.76. The molecule has 1 aliphatic rings. The van der Waals surface area contributed by atoms with Crippen LogP contribution in [0.4, 0.5) is 0 Å². The molecular formula is C13H25OY-. The maximum absolute atomic E-state index is 6.15. The van der Waals surface area contributed by atoms with Crippen molar-refractivity contribution < 1.29 is 37.4 Å². The molecule has 0 aromatic rings. The third-order valence-corrected chi connectivity index (χ3v) is 2.96. The van der Waals surface area contributed by atoms with E-state index < -0.39 is 0 Å². The fourth-order valence-corrected chi connectivity index (χ4v) is 2.19. The van der Waals surface area contributed by atoms with Crippen LogP contribution in [0.5, 0.6) is 0 Å². The Morgan fingerprint density at radius 2 is 1.40 bits per heavy atom. The molecule has 0 aliphatic carbocycles. The van der Waals surface area contributed by atoms with Gasteiger partial charge in [0.05, 0.1) is 0 Å². The molecule has 0 aromatic carbocycles. The summed E-state index contributed by atoms with van der Waals surface area (Å²) >= 11 is 0. The second-order valence-corrected chi connectivity index (χ2v) is 6.76. The van der Waals surface area contributed by atoms with Crippen LogP contribution in [0, 0.1) is 23.2 Å². The Kier molecular flexibility index (Phi) is 5.51. The third-order valence-electron chi connectivity index (χ3n) is 2.96. The van der Waals surface area contributed by atoms with Crippen LogP contribution in [0.25, 0.3) is 0 Å². The Bertz CT molecular complexity index is 200. The molecule has 0 spiro atoms. The first-order chi connectivity index (χ1) is 6.12. The van der Waals surface area contributed by atoms with Crippen LogP contribution in [0.2, 0.25) is 0 Å². The van der Waals surface area contributed by atoms with Gasteiger partial charge >= 0.3 is 0 Å². The van der Waals surface area contributed by atoms with Gasteiger partial charge in [-0.2, -0.15) is 0 Å². The van der Waals surface area contributed by atoms with Crippen LogP contribution in [0.15, 0.2) is 0 Å². The summed E-state index contributed by atoms with van der Waals surface area (Å²) in [5.41, 5.74) is 0.476. The van der Waals surface area contributed by atoms with Crippen LogP contribution in [-0.2, 0) is 37.4 Å². The smallest absolute Gasteiger partial charge is 0.0348 e. The summed E-state index contributed by atoms with van der Waals surface area (Å²) in [6, 6.07) is 0. The Morgan fingerprint density at radius 1 is 0.933 bits per heavy atom. The van der Waals surface area contributed by atoms with Crippen LogP contribution in [0.1, 0.15) is 48.5 Å². The molecule has 1 saturated heterocycles. The summed E-state index contributed by atoms with van der Waals surface area (Å²) < 4.78 is 6.15. The number of hydrogen-bond donors (Lipinski definition) is 0. The van der Waals surface area contributed by atoms with E-state index in [-0.39, 0.29) is 43.5 Å². The molecule has 0 unspecified atom stereocenters. The van der Waals surface area contributed by atoms with E-state index in [1.54, 1.807) is 0 Å². The molecule has 15 heavy (non-hydrogen) atoms. The molecule has 1 nitrogen and oxygen atoms in total. The minimum Gasteiger partial charge on any atom is -0.408 e. The van der Waals surface area contributed by atoms with Crippen molar-refractivity contribution in [2.75, 3.05) is 0 Å². The zero-order valence-corrected chi connectivity index (χ0v) is 14.1. The van der Waals surface area contributed by atoms with Crippen molar-refractivity contribution in [2.24, 2.45) is 16.7 Å². The molecule has 3 atom stereocenters. The van der Waals surface area contributed by atoms with Gasteiger partial charge < -0.3 is 4.74 Å². The molecule has 0 amide bonds. The average molecular weight is 286 g/mol. The van der Waals surface area contributed by atoms with E-state index in [9.17, 15) is 0 Å². The topological polar surface area (TPSA) is 9.23 Å². The van der Waals surface area contributed by atoms with Gasteiger partial charge in [-0.05, 0) is 10.8 Å². The van der Waals surface area contributed by atoms with Crippen molar-refractivity contribution in [3.05, 3.63) is 6.42 Å². The summed E-state index contributed by atoms with van der Waals surface area (Å²) in [6.07, 6.45) is 3.05. The first-order valence-corrected chi connectivity index (χ1v) is 5.63. The largest absolute Gasteiger partial charge is 0.408 e. The summed E-state index contributed by atoms with van der Waals surface area (Å²) in [4.78, 5) is 0. The predicted octanol–water partition coefficient (Wildman–Crippen LogP) is 3.68. The van der Waals surface area contributed by atoms with E-state index >= 15 is 0 Å². The zero-order valence-electron chi connectivity index (χ0n) is 11.3. The van der Waals surface area contributed by atoms with Crippen LogP contribution in [-0.4, -0.2) is 12.2 Å². The quantitative estimate of drug-likeness (QED) is 0.617. The normalized spacial score (nSPS) is 32.6. The maximum atomic E-state index is 6.15. The van der Waals surface area contributed by atoms with E-state index in [4.69, 9.17) is 4.74 Å². The van der Waals surface area contributed by atoms with Crippen molar-refractivity contribution in [1.82, 2.24) is 0 Å². The van der Waals surface area contributed by atoms with E-state index in [0.717, 1.165) is 0 Å². The fraction of sp³-hybridized carbons (Fsp3) is 0.923. The molecule has 1 radical (unpaired) electrons. The Hall–Kier alpha value is 1.06.